The molecule has 1 fully saturated rings. The van der Waals surface area contributed by atoms with Crippen LogP contribution in [0.3, 0.4) is 0 Å². The Bertz CT molecular complexity index is 330. The van der Waals surface area contributed by atoms with Gasteiger partial charge < -0.3 is 10.4 Å². The lowest BCUT2D eigenvalue weighted by Gasteiger charge is -2.40. The smallest absolute Gasteiger partial charge is 0.303 e. The third-order valence-corrected chi connectivity index (χ3v) is 3.43. The molecule has 1 saturated carbocycles. The highest BCUT2D eigenvalue weighted by Crippen LogP contribution is 2.43. The number of allylic oxidation sites excluding steroid dienone is 1. The van der Waals surface area contributed by atoms with Crippen LogP contribution in [0.25, 0.3) is 0 Å². The van der Waals surface area contributed by atoms with Gasteiger partial charge in [0.25, 0.3) is 0 Å². The molecular weight excluding hydrogens is 218 g/mol. The van der Waals surface area contributed by atoms with Crippen LogP contribution in [0.15, 0.2) is 11.6 Å². The summed E-state index contributed by atoms with van der Waals surface area (Å²) in [4.78, 5) is 22.4. The quantitative estimate of drug-likeness (QED) is 0.697. The zero-order valence-corrected chi connectivity index (χ0v) is 10.6. The van der Waals surface area contributed by atoms with E-state index in [9.17, 15) is 9.59 Å². The fourth-order valence-corrected chi connectivity index (χ4v) is 2.22. The van der Waals surface area contributed by atoms with E-state index in [4.69, 9.17) is 5.11 Å². The number of rotatable bonds is 6. The number of aliphatic carboxylic acids is 1. The van der Waals surface area contributed by atoms with Gasteiger partial charge in [-0.2, -0.15) is 0 Å². The Morgan fingerprint density at radius 3 is 2.47 bits per heavy atom. The molecule has 0 heterocycles. The van der Waals surface area contributed by atoms with Crippen molar-refractivity contribution in [2.75, 3.05) is 6.54 Å². The van der Waals surface area contributed by atoms with E-state index < -0.39 is 5.97 Å². The monoisotopic (exact) mass is 239 g/mol. The second-order valence-electron chi connectivity index (χ2n) is 4.90. The molecule has 0 aromatic heterocycles. The third-order valence-electron chi connectivity index (χ3n) is 3.43. The molecule has 0 aromatic carbocycles. The van der Waals surface area contributed by atoms with Gasteiger partial charge in [0.15, 0.2) is 0 Å². The maximum absolute atomic E-state index is 11.7. The molecule has 1 amide bonds. The summed E-state index contributed by atoms with van der Waals surface area (Å²) in [7, 11) is 0. The van der Waals surface area contributed by atoms with E-state index in [1.54, 1.807) is 6.92 Å². The van der Waals surface area contributed by atoms with Crippen LogP contribution < -0.4 is 5.32 Å². The minimum absolute atomic E-state index is 0.0801. The Morgan fingerprint density at radius 1 is 1.41 bits per heavy atom. The summed E-state index contributed by atoms with van der Waals surface area (Å²) in [5.74, 6) is -0.858. The summed E-state index contributed by atoms with van der Waals surface area (Å²) in [6, 6.07) is 0. The lowest BCUT2D eigenvalue weighted by Crippen LogP contribution is -2.43. The van der Waals surface area contributed by atoms with Gasteiger partial charge in [0.2, 0.25) is 5.91 Å². The molecule has 0 spiro atoms. The van der Waals surface area contributed by atoms with E-state index in [2.05, 4.69) is 5.32 Å². The Balaban J connectivity index is 2.46. The lowest BCUT2D eigenvalue weighted by molar-refractivity contribution is -0.141. The van der Waals surface area contributed by atoms with Crippen molar-refractivity contribution in [1.82, 2.24) is 5.32 Å². The standard InChI is InChI=1S/C13H21NO3/c1-3-5-10(2)12(17)14-9-13(6-4-7-13)8-11(15)16/h5H,3-4,6-9H2,1-2H3,(H,14,17)(H,15,16)/b10-5-. The molecule has 4 nitrogen and oxygen atoms in total. The minimum Gasteiger partial charge on any atom is -0.481 e. The van der Waals surface area contributed by atoms with Gasteiger partial charge in [-0.05, 0) is 31.6 Å². The summed E-state index contributed by atoms with van der Waals surface area (Å²) in [6.45, 7) is 4.24. The Labute approximate surface area is 102 Å². The molecule has 2 N–H and O–H groups in total. The number of carboxylic acids is 1. The first-order valence-corrected chi connectivity index (χ1v) is 6.16. The van der Waals surface area contributed by atoms with E-state index in [-0.39, 0.29) is 17.7 Å². The molecule has 1 aliphatic carbocycles. The topological polar surface area (TPSA) is 66.4 Å². The van der Waals surface area contributed by atoms with Crippen molar-refractivity contribution < 1.29 is 14.7 Å². The summed E-state index contributed by atoms with van der Waals surface area (Å²) >= 11 is 0. The zero-order valence-electron chi connectivity index (χ0n) is 10.6. The highest BCUT2D eigenvalue weighted by atomic mass is 16.4. The molecule has 1 aliphatic rings. The van der Waals surface area contributed by atoms with Crippen LogP contribution in [0.2, 0.25) is 0 Å². The maximum Gasteiger partial charge on any atom is 0.303 e. The first-order valence-electron chi connectivity index (χ1n) is 6.16. The molecule has 4 heteroatoms. The van der Waals surface area contributed by atoms with Crippen LogP contribution >= 0.6 is 0 Å². The van der Waals surface area contributed by atoms with Crippen molar-refractivity contribution in [3.63, 3.8) is 0 Å². The molecule has 0 bridgehead atoms. The lowest BCUT2D eigenvalue weighted by atomic mass is 9.66. The average molecular weight is 239 g/mol. The van der Waals surface area contributed by atoms with Gasteiger partial charge in [-0.25, -0.2) is 0 Å². The number of carbonyl (C=O) groups is 2. The fourth-order valence-electron chi connectivity index (χ4n) is 2.22. The van der Waals surface area contributed by atoms with Crippen LogP contribution in [0.4, 0.5) is 0 Å². The second kappa shape index (κ2) is 5.84. The number of nitrogens with one attached hydrogen (secondary N) is 1. The summed E-state index contributed by atoms with van der Waals surface area (Å²) < 4.78 is 0. The highest BCUT2D eigenvalue weighted by Gasteiger charge is 2.39. The molecule has 0 aromatic rings. The molecule has 0 unspecified atom stereocenters. The van der Waals surface area contributed by atoms with Crippen molar-refractivity contribution in [1.29, 1.82) is 0 Å². The van der Waals surface area contributed by atoms with Crippen LogP contribution in [0, 0.1) is 5.41 Å². The Hall–Kier alpha value is -1.32. The van der Waals surface area contributed by atoms with Crippen molar-refractivity contribution in [2.45, 2.75) is 46.0 Å². The molecular formula is C13H21NO3. The SMILES string of the molecule is CC/C=C(/C)C(=O)NCC1(CC(=O)O)CCC1. The Kier molecular flexibility index (Phi) is 4.73. The number of hydrogen-bond acceptors (Lipinski definition) is 2. The van der Waals surface area contributed by atoms with Gasteiger partial charge in [-0.1, -0.05) is 19.4 Å². The van der Waals surface area contributed by atoms with E-state index >= 15 is 0 Å². The predicted octanol–water partition coefficient (Wildman–Crippen LogP) is 2.10. The summed E-state index contributed by atoms with van der Waals surface area (Å²) in [6.07, 6.45) is 5.72. The largest absolute Gasteiger partial charge is 0.481 e. The van der Waals surface area contributed by atoms with Gasteiger partial charge in [0.05, 0.1) is 6.42 Å². The zero-order chi connectivity index (χ0) is 12.9. The predicted molar refractivity (Wildman–Crippen MR) is 65.6 cm³/mol. The van der Waals surface area contributed by atoms with E-state index in [1.807, 2.05) is 13.0 Å². The van der Waals surface area contributed by atoms with Crippen LogP contribution in [0.5, 0.6) is 0 Å². The van der Waals surface area contributed by atoms with Crippen molar-refractivity contribution >= 4 is 11.9 Å². The van der Waals surface area contributed by atoms with Crippen molar-refractivity contribution in [3.05, 3.63) is 11.6 Å². The molecule has 96 valence electrons. The number of amides is 1. The van der Waals surface area contributed by atoms with Crippen molar-refractivity contribution in [3.8, 4) is 0 Å². The Morgan fingerprint density at radius 2 is 2.06 bits per heavy atom. The van der Waals surface area contributed by atoms with Crippen LogP contribution in [0.1, 0.15) is 46.0 Å². The average Bonchev–Trinajstić information content (AvgIpc) is 2.21. The van der Waals surface area contributed by atoms with Gasteiger partial charge in [-0.3, -0.25) is 9.59 Å². The molecule has 0 aliphatic heterocycles. The van der Waals surface area contributed by atoms with Crippen molar-refractivity contribution in [2.24, 2.45) is 5.41 Å². The number of hydrogen-bond donors (Lipinski definition) is 2. The highest BCUT2D eigenvalue weighted by molar-refractivity contribution is 5.92. The third kappa shape index (κ3) is 3.88. The fraction of sp³-hybridized carbons (Fsp3) is 0.692. The summed E-state index contributed by atoms with van der Waals surface area (Å²) in [5.41, 5.74) is 0.505. The molecule has 0 radical (unpaired) electrons. The minimum atomic E-state index is -0.778. The van der Waals surface area contributed by atoms with E-state index in [1.165, 1.54) is 0 Å². The second-order valence-corrected chi connectivity index (χ2v) is 4.90. The first-order chi connectivity index (χ1) is 7.99. The van der Waals surface area contributed by atoms with Gasteiger partial charge in [0.1, 0.15) is 0 Å². The van der Waals surface area contributed by atoms with Crippen LogP contribution in [-0.2, 0) is 9.59 Å². The number of carbonyl (C=O) groups excluding carboxylic acids is 1. The molecule has 0 atom stereocenters. The van der Waals surface area contributed by atoms with Gasteiger partial charge in [0, 0.05) is 12.1 Å². The number of carboxylic acid groups (broad SMARTS) is 1. The van der Waals surface area contributed by atoms with Gasteiger partial charge >= 0.3 is 5.97 Å². The molecule has 0 saturated heterocycles. The molecule has 1 rings (SSSR count). The maximum atomic E-state index is 11.7. The van der Waals surface area contributed by atoms with Crippen LogP contribution in [-0.4, -0.2) is 23.5 Å². The summed E-state index contributed by atoms with van der Waals surface area (Å²) in [5, 5.41) is 11.7. The van der Waals surface area contributed by atoms with Gasteiger partial charge in [-0.15, -0.1) is 0 Å². The normalized spacial score (nSPS) is 18.4. The van der Waals surface area contributed by atoms with E-state index in [0.717, 1.165) is 25.7 Å². The van der Waals surface area contributed by atoms with E-state index in [0.29, 0.717) is 12.1 Å². The first kappa shape index (κ1) is 13.7. The molecule has 17 heavy (non-hydrogen) atoms.